The minimum atomic E-state index is 0.0833. The Morgan fingerprint density at radius 2 is 2.00 bits per heavy atom. The predicted molar refractivity (Wildman–Crippen MR) is 133 cm³/mol. The molecule has 0 fully saturated rings. The minimum absolute atomic E-state index is 0.0833. The van der Waals surface area contributed by atoms with Gasteiger partial charge in [0.15, 0.2) is 5.13 Å². The van der Waals surface area contributed by atoms with Crippen molar-refractivity contribution in [3.8, 4) is 5.75 Å². The number of nitrogens with zero attached hydrogens (tertiary/aromatic N) is 3. The fourth-order valence-electron chi connectivity index (χ4n) is 3.29. The second-order valence-corrected chi connectivity index (χ2v) is 9.61. The summed E-state index contributed by atoms with van der Waals surface area (Å²) >= 11 is 3.31. The van der Waals surface area contributed by atoms with Gasteiger partial charge in [0, 0.05) is 23.7 Å². The lowest BCUT2D eigenvalue weighted by molar-refractivity contribution is -0.118. The molecule has 0 spiro atoms. The quantitative estimate of drug-likeness (QED) is 0.221. The number of thiazole rings is 1. The van der Waals surface area contributed by atoms with E-state index in [1.165, 1.54) is 10.5 Å². The van der Waals surface area contributed by atoms with Crippen LogP contribution in [0.4, 0.5) is 5.13 Å². The van der Waals surface area contributed by atoms with Crippen LogP contribution in [0.5, 0.6) is 5.75 Å². The molecule has 2 heterocycles. The average molecular weight is 464 g/mol. The number of carbonyl (C=O) groups is 1. The smallest absolute Gasteiger partial charge is 0.229 e. The zero-order valence-electron chi connectivity index (χ0n) is 18.2. The molecule has 32 heavy (non-hydrogen) atoms. The van der Waals surface area contributed by atoms with Gasteiger partial charge in [-0.05, 0) is 72.7 Å². The third-order valence-corrected chi connectivity index (χ3v) is 7.13. The Bertz CT molecular complexity index is 1180. The SMILES string of the molecule is COc1ccc(SCCCC(=O)N(Cc2cccnc2)c2nc3ccc(C)cc3s2)cc1. The molecule has 0 unspecified atom stereocenters. The van der Waals surface area contributed by atoms with E-state index in [-0.39, 0.29) is 5.91 Å². The third kappa shape index (κ3) is 5.66. The van der Waals surface area contributed by atoms with E-state index in [0.717, 1.165) is 38.8 Å². The maximum absolute atomic E-state index is 13.2. The summed E-state index contributed by atoms with van der Waals surface area (Å²) in [5.74, 6) is 1.80. The first kappa shape index (κ1) is 22.3. The van der Waals surface area contributed by atoms with Crippen molar-refractivity contribution in [1.29, 1.82) is 0 Å². The van der Waals surface area contributed by atoms with Crippen molar-refractivity contribution in [3.63, 3.8) is 0 Å². The van der Waals surface area contributed by atoms with Crippen LogP contribution in [0.2, 0.25) is 0 Å². The van der Waals surface area contributed by atoms with Gasteiger partial charge in [-0.3, -0.25) is 14.7 Å². The molecular formula is C25H25N3O2S2. The van der Waals surface area contributed by atoms with Crippen molar-refractivity contribution in [2.75, 3.05) is 17.8 Å². The molecule has 4 aromatic rings. The first-order valence-electron chi connectivity index (χ1n) is 10.5. The number of aryl methyl sites for hydroxylation is 1. The number of methoxy groups -OCH3 is 1. The maximum atomic E-state index is 13.2. The van der Waals surface area contributed by atoms with E-state index in [2.05, 4.69) is 24.0 Å². The molecule has 0 aliphatic heterocycles. The number of thioether (sulfide) groups is 1. The highest BCUT2D eigenvalue weighted by Gasteiger charge is 2.20. The van der Waals surface area contributed by atoms with E-state index in [1.54, 1.807) is 47.5 Å². The van der Waals surface area contributed by atoms with Crippen LogP contribution in [-0.4, -0.2) is 28.7 Å². The summed E-state index contributed by atoms with van der Waals surface area (Å²) in [5, 5.41) is 0.738. The fraction of sp³-hybridized carbons (Fsp3) is 0.240. The zero-order chi connectivity index (χ0) is 22.3. The van der Waals surface area contributed by atoms with Crippen molar-refractivity contribution < 1.29 is 9.53 Å². The Hall–Kier alpha value is -2.90. The van der Waals surface area contributed by atoms with Crippen LogP contribution in [0, 0.1) is 6.92 Å². The van der Waals surface area contributed by atoms with Crippen LogP contribution in [0.15, 0.2) is 71.9 Å². The molecule has 2 aromatic heterocycles. The van der Waals surface area contributed by atoms with Gasteiger partial charge in [-0.1, -0.05) is 23.5 Å². The number of anilines is 1. The van der Waals surface area contributed by atoms with Crippen molar-refractivity contribution in [2.24, 2.45) is 0 Å². The van der Waals surface area contributed by atoms with E-state index in [0.29, 0.717) is 13.0 Å². The van der Waals surface area contributed by atoms with Gasteiger partial charge >= 0.3 is 0 Å². The van der Waals surface area contributed by atoms with E-state index in [1.807, 2.05) is 42.5 Å². The number of aromatic nitrogens is 2. The summed E-state index contributed by atoms with van der Waals surface area (Å²) in [6.45, 7) is 2.54. The highest BCUT2D eigenvalue weighted by molar-refractivity contribution is 7.99. The van der Waals surface area contributed by atoms with Crippen LogP contribution in [0.3, 0.4) is 0 Å². The lowest BCUT2D eigenvalue weighted by atomic mass is 10.2. The average Bonchev–Trinajstić information content (AvgIpc) is 3.24. The molecule has 4 rings (SSSR count). The van der Waals surface area contributed by atoms with E-state index in [9.17, 15) is 4.79 Å². The summed E-state index contributed by atoms with van der Waals surface area (Å²) < 4.78 is 6.30. The minimum Gasteiger partial charge on any atom is -0.497 e. The second-order valence-electron chi connectivity index (χ2n) is 7.44. The summed E-state index contributed by atoms with van der Waals surface area (Å²) in [6, 6.07) is 18.1. The highest BCUT2D eigenvalue weighted by Crippen LogP contribution is 2.31. The van der Waals surface area contributed by atoms with Crippen LogP contribution in [-0.2, 0) is 11.3 Å². The number of benzene rings is 2. The number of carbonyl (C=O) groups excluding carboxylic acids is 1. The van der Waals surface area contributed by atoms with Gasteiger partial charge in [0.25, 0.3) is 0 Å². The summed E-state index contributed by atoms with van der Waals surface area (Å²) in [5.41, 5.74) is 3.10. The molecule has 0 N–H and O–H groups in total. The first-order chi connectivity index (χ1) is 15.6. The second kappa shape index (κ2) is 10.6. The van der Waals surface area contributed by atoms with Gasteiger partial charge in [0.1, 0.15) is 5.75 Å². The summed E-state index contributed by atoms with van der Waals surface area (Å²) in [6.07, 6.45) is 4.81. The molecule has 0 bridgehead atoms. The number of amides is 1. The van der Waals surface area contributed by atoms with Crippen LogP contribution < -0.4 is 9.64 Å². The van der Waals surface area contributed by atoms with E-state index in [4.69, 9.17) is 9.72 Å². The first-order valence-corrected chi connectivity index (χ1v) is 12.3. The van der Waals surface area contributed by atoms with Gasteiger partial charge in [-0.25, -0.2) is 4.98 Å². The molecule has 2 aromatic carbocycles. The van der Waals surface area contributed by atoms with E-state index < -0.39 is 0 Å². The molecule has 0 aliphatic rings. The Morgan fingerprint density at radius 1 is 1.16 bits per heavy atom. The fourth-order valence-corrected chi connectivity index (χ4v) is 5.23. The molecule has 0 saturated carbocycles. The lowest BCUT2D eigenvalue weighted by Crippen LogP contribution is -2.30. The highest BCUT2D eigenvalue weighted by atomic mass is 32.2. The molecule has 164 valence electrons. The monoisotopic (exact) mass is 463 g/mol. The summed E-state index contributed by atoms with van der Waals surface area (Å²) in [7, 11) is 1.66. The number of hydrogen-bond acceptors (Lipinski definition) is 6. The Morgan fingerprint density at radius 3 is 2.75 bits per heavy atom. The van der Waals surface area contributed by atoms with Gasteiger partial charge in [-0.2, -0.15) is 0 Å². The zero-order valence-corrected chi connectivity index (χ0v) is 19.8. The van der Waals surface area contributed by atoms with Crippen molar-refractivity contribution in [1.82, 2.24) is 9.97 Å². The number of pyridine rings is 1. The predicted octanol–water partition coefficient (Wildman–Crippen LogP) is 6.11. The standard InChI is InChI=1S/C25H25N3O2S2/c1-18-7-12-22-23(15-18)32-25(27-22)28(17-19-5-3-13-26-16-19)24(29)6-4-14-31-21-10-8-20(30-2)9-11-21/h3,5,7-13,15-16H,4,6,14,17H2,1-2H3. The molecule has 0 radical (unpaired) electrons. The van der Waals surface area contributed by atoms with Crippen LogP contribution >= 0.6 is 23.1 Å². The van der Waals surface area contributed by atoms with Crippen LogP contribution in [0.25, 0.3) is 10.2 Å². The normalized spacial score (nSPS) is 10.9. The van der Waals surface area contributed by atoms with Gasteiger partial charge in [0.2, 0.25) is 5.91 Å². The topological polar surface area (TPSA) is 55.3 Å². The lowest BCUT2D eigenvalue weighted by Gasteiger charge is -2.20. The van der Waals surface area contributed by atoms with Gasteiger partial charge in [-0.15, -0.1) is 11.8 Å². The summed E-state index contributed by atoms with van der Waals surface area (Å²) in [4.78, 5) is 25.2. The van der Waals surface area contributed by atoms with Crippen molar-refractivity contribution in [2.45, 2.75) is 31.2 Å². The molecule has 5 nitrogen and oxygen atoms in total. The Kier molecular flexibility index (Phi) is 7.39. The number of hydrogen-bond donors (Lipinski definition) is 0. The van der Waals surface area contributed by atoms with Gasteiger partial charge < -0.3 is 4.74 Å². The number of ether oxygens (including phenoxy) is 1. The molecule has 7 heteroatoms. The molecule has 0 saturated heterocycles. The Labute approximate surface area is 196 Å². The maximum Gasteiger partial charge on any atom is 0.229 e. The van der Waals surface area contributed by atoms with Gasteiger partial charge in [0.05, 0.1) is 23.9 Å². The molecule has 0 aliphatic carbocycles. The molecule has 0 atom stereocenters. The largest absolute Gasteiger partial charge is 0.497 e. The van der Waals surface area contributed by atoms with E-state index >= 15 is 0 Å². The Balaban J connectivity index is 1.44. The number of fused-ring (bicyclic) bond motifs is 1. The number of rotatable bonds is 9. The molecular weight excluding hydrogens is 438 g/mol. The third-order valence-electron chi connectivity index (χ3n) is 4.99. The van der Waals surface area contributed by atoms with Crippen molar-refractivity contribution >= 4 is 44.4 Å². The molecule has 1 amide bonds. The van der Waals surface area contributed by atoms with Crippen LogP contribution in [0.1, 0.15) is 24.0 Å². The van der Waals surface area contributed by atoms with Crippen molar-refractivity contribution in [3.05, 3.63) is 78.1 Å².